The molecule has 2 heterocycles. The number of nitro benzene ring substituents is 1. The van der Waals surface area contributed by atoms with E-state index in [0.717, 1.165) is 19.5 Å². The number of non-ortho nitro benzene ring substituents is 1. The minimum absolute atomic E-state index is 0.0101. The molecule has 2 unspecified atom stereocenters. The molecule has 0 aliphatic carbocycles. The Kier molecular flexibility index (Phi) is 7.63. The molecule has 0 amide bonds. The number of hydrogen-bond donors (Lipinski definition) is 1. The smallest absolute Gasteiger partial charge is 0.340 e. The van der Waals surface area contributed by atoms with Crippen LogP contribution in [-0.4, -0.2) is 50.5 Å². The average Bonchev–Trinajstić information content (AvgIpc) is 2.86. The summed E-state index contributed by atoms with van der Waals surface area (Å²) in [6, 6.07) is 15.6. The van der Waals surface area contributed by atoms with Crippen LogP contribution in [-0.2, 0) is 11.3 Å². The van der Waals surface area contributed by atoms with E-state index in [-0.39, 0.29) is 39.7 Å². The van der Waals surface area contributed by atoms with Gasteiger partial charge in [-0.2, -0.15) is 0 Å². The summed E-state index contributed by atoms with van der Waals surface area (Å²) in [7, 11) is 0. The largest absolute Gasteiger partial charge is 0.478 e. The van der Waals surface area contributed by atoms with Gasteiger partial charge >= 0.3 is 11.9 Å². The van der Waals surface area contributed by atoms with Gasteiger partial charge in [-0.05, 0) is 51.3 Å². The molecule has 1 fully saturated rings. The maximum absolute atomic E-state index is 13.6. The topological polar surface area (TPSA) is 123 Å². The number of likely N-dealkylation sites (tertiary alicyclic amines) is 1. The van der Waals surface area contributed by atoms with Crippen molar-refractivity contribution in [1.82, 2.24) is 9.88 Å². The molecule has 9 heteroatoms. The summed E-state index contributed by atoms with van der Waals surface area (Å²) in [4.78, 5) is 43.3. The summed E-state index contributed by atoms with van der Waals surface area (Å²) in [5, 5.41) is 21.4. The molecule has 1 saturated heterocycles. The van der Waals surface area contributed by atoms with Crippen LogP contribution in [0.5, 0.6) is 0 Å². The first-order valence-electron chi connectivity index (χ1n) is 12.2. The number of carbonyl (C=O) groups excluding carboxylic acids is 1. The quantitative estimate of drug-likeness (QED) is 0.266. The van der Waals surface area contributed by atoms with Gasteiger partial charge in [0.05, 0.1) is 27.4 Å². The van der Waals surface area contributed by atoms with Crippen molar-refractivity contribution in [3.8, 4) is 11.1 Å². The van der Waals surface area contributed by atoms with Crippen molar-refractivity contribution in [2.45, 2.75) is 52.3 Å². The third kappa shape index (κ3) is 5.51. The van der Waals surface area contributed by atoms with Crippen LogP contribution >= 0.6 is 0 Å². The maximum Gasteiger partial charge on any atom is 0.340 e. The summed E-state index contributed by atoms with van der Waals surface area (Å²) in [5.41, 5.74) is 1.63. The Morgan fingerprint density at radius 3 is 2.49 bits per heavy atom. The van der Waals surface area contributed by atoms with Crippen LogP contribution < -0.4 is 0 Å². The number of aromatic nitrogens is 1. The molecule has 0 saturated carbocycles. The number of piperidine rings is 1. The number of aromatic carboxylic acids is 1. The summed E-state index contributed by atoms with van der Waals surface area (Å²) < 4.78 is 6.01. The van der Waals surface area contributed by atoms with E-state index >= 15 is 0 Å². The number of nitrogens with zero attached hydrogens (tertiary/aromatic N) is 3. The molecule has 3 aromatic rings. The lowest BCUT2D eigenvalue weighted by molar-refractivity contribution is -0.384. The molecule has 0 spiro atoms. The lowest BCUT2D eigenvalue weighted by Gasteiger charge is -2.39. The Morgan fingerprint density at radius 2 is 1.81 bits per heavy atom. The van der Waals surface area contributed by atoms with Crippen molar-refractivity contribution in [3.05, 3.63) is 92.8 Å². The molecular weight excluding hydrogens is 474 g/mol. The predicted octanol–water partition coefficient (Wildman–Crippen LogP) is 5.18. The van der Waals surface area contributed by atoms with Crippen LogP contribution in [0, 0.1) is 24.0 Å². The molecule has 37 heavy (non-hydrogen) atoms. The number of ether oxygens (including phenoxy) is 1. The average molecular weight is 504 g/mol. The third-order valence-corrected chi connectivity index (χ3v) is 6.86. The van der Waals surface area contributed by atoms with Gasteiger partial charge in [-0.15, -0.1) is 0 Å². The van der Waals surface area contributed by atoms with E-state index in [1.807, 2.05) is 25.1 Å². The highest BCUT2D eigenvalue weighted by Crippen LogP contribution is 2.34. The molecule has 1 aliphatic rings. The number of pyridine rings is 1. The molecule has 2 aromatic carbocycles. The van der Waals surface area contributed by atoms with Crippen LogP contribution in [0.1, 0.15) is 57.4 Å². The Hall–Kier alpha value is -4.11. The first-order valence-corrected chi connectivity index (χ1v) is 12.2. The van der Waals surface area contributed by atoms with Gasteiger partial charge in [-0.1, -0.05) is 42.5 Å². The number of hydrogen-bond acceptors (Lipinski definition) is 7. The van der Waals surface area contributed by atoms with Gasteiger partial charge < -0.3 is 9.84 Å². The number of benzene rings is 2. The Morgan fingerprint density at radius 1 is 1.11 bits per heavy atom. The van der Waals surface area contributed by atoms with Crippen LogP contribution in [0.2, 0.25) is 0 Å². The van der Waals surface area contributed by atoms with Gasteiger partial charge in [0, 0.05) is 30.3 Å². The molecular formula is C28H29N3O6. The fraction of sp³-hybridized carbons (Fsp3) is 0.321. The molecule has 0 bridgehead atoms. The second kappa shape index (κ2) is 10.9. The predicted molar refractivity (Wildman–Crippen MR) is 138 cm³/mol. The van der Waals surface area contributed by atoms with E-state index in [1.165, 1.54) is 30.7 Å². The van der Waals surface area contributed by atoms with E-state index in [2.05, 4.69) is 22.0 Å². The number of rotatable bonds is 7. The zero-order valence-corrected chi connectivity index (χ0v) is 21.0. The SMILES string of the molecule is Cc1nc(C)c(C(=O)OC2CCCN(Cc3ccccc3)C2C)c(-c2cccc([N+](=O)[O-])c2)c1C(=O)O. The number of nitro groups is 1. The summed E-state index contributed by atoms with van der Waals surface area (Å²) in [6.07, 6.45) is 1.12. The zero-order valence-electron chi connectivity index (χ0n) is 21.0. The van der Waals surface area contributed by atoms with Gasteiger partial charge in [-0.3, -0.25) is 20.0 Å². The van der Waals surface area contributed by atoms with Gasteiger partial charge in [0.25, 0.3) is 5.69 Å². The van der Waals surface area contributed by atoms with Gasteiger partial charge in [0.1, 0.15) is 6.10 Å². The molecule has 1 aromatic heterocycles. The Balaban J connectivity index is 1.70. The summed E-state index contributed by atoms with van der Waals surface area (Å²) in [5.74, 6) is -1.96. The second-order valence-electron chi connectivity index (χ2n) is 9.30. The van der Waals surface area contributed by atoms with E-state index in [4.69, 9.17) is 4.74 Å². The van der Waals surface area contributed by atoms with Crippen LogP contribution in [0.25, 0.3) is 11.1 Å². The molecule has 1 N–H and O–H groups in total. The number of esters is 1. The van der Waals surface area contributed by atoms with Crippen molar-refractivity contribution >= 4 is 17.6 Å². The van der Waals surface area contributed by atoms with Crippen LogP contribution in [0.15, 0.2) is 54.6 Å². The fourth-order valence-corrected chi connectivity index (χ4v) is 5.00. The highest BCUT2D eigenvalue weighted by Gasteiger charge is 2.34. The Bertz CT molecular complexity index is 1340. The molecule has 192 valence electrons. The first-order chi connectivity index (χ1) is 17.7. The second-order valence-corrected chi connectivity index (χ2v) is 9.30. The summed E-state index contributed by atoms with van der Waals surface area (Å²) in [6.45, 7) is 6.77. The molecule has 2 atom stereocenters. The lowest BCUT2D eigenvalue weighted by atomic mass is 9.92. The molecule has 0 radical (unpaired) electrons. The summed E-state index contributed by atoms with van der Waals surface area (Å²) >= 11 is 0. The van der Waals surface area contributed by atoms with Gasteiger partial charge in [-0.25, -0.2) is 9.59 Å². The normalized spacial score (nSPS) is 17.8. The van der Waals surface area contributed by atoms with E-state index < -0.39 is 23.0 Å². The van der Waals surface area contributed by atoms with Crippen molar-refractivity contribution in [1.29, 1.82) is 0 Å². The van der Waals surface area contributed by atoms with Gasteiger partial charge in [0.2, 0.25) is 0 Å². The fourth-order valence-electron chi connectivity index (χ4n) is 5.00. The van der Waals surface area contributed by atoms with Crippen LogP contribution in [0.3, 0.4) is 0 Å². The molecule has 1 aliphatic heterocycles. The number of carbonyl (C=O) groups is 2. The van der Waals surface area contributed by atoms with Crippen molar-refractivity contribution < 1.29 is 24.4 Å². The van der Waals surface area contributed by atoms with Gasteiger partial charge in [0.15, 0.2) is 0 Å². The number of aryl methyl sites for hydroxylation is 2. The lowest BCUT2D eigenvalue weighted by Crippen LogP contribution is -2.47. The third-order valence-electron chi connectivity index (χ3n) is 6.86. The molecule has 9 nitrogen and oxygen atoms in total. The standard InChI is InChI=1S/C28H29N3O6/c1-17-24(27(32)33)26(21-11-7-12-22(15-21)31(35)36)25(18(2)29-17)28(34)37-23-13-8-14-30(19(23)3)16-20-9-5-4-6-10-20/h4-7,9-12,15,19,23H,8,13-14,16H2,1-3H3,(H,32,33). The maximum atomic E-state index is 13.6. The van der Waals surface area contributed by atoms with Crippen molar-refractivity contribution in [2.75, 3.05) is 6.54 Å². The van der Waals surface area contributed by atoms with Crippen molar-refractivity contribution in [2.24, 2.45) is 0 Å². The minimum atomic E-state index is -1.28. The monoisotopic (exact) mass is 503 g/mol. The minimum Gasteiger partial charge on any atom is -0.478 e. The van der Waals surface area contributed by atoms with Crippen molar-refractivity contribution in [3.63, 3.8) is 0 Å². The number of carboxylic acids is 1. The molecule has 4 rings (SSSR count). The Labute approximate surface area is 214 Å². The highest BCUT2D eigenvalue weighted by atomic mass is 16.6. The highest BCUT2D eigenvalue weighted by molar-refractivity contribution is 6.06. The zero-order chi connectivity index (χ0) is 26.7. The number of carboxylic acid groups (broad SMARTS) is 1. The van der Waals surface area contributed by atoms with E-state index in [1.54, 1.807) is 13.0 Å². The van der Waals surface area contributed by atoms with Crippen LogP contribution in [0.4, 0.5) is 5.69 Å². The van der Waals surface area contributed by atoms with E-state index in [9.17, 15) is 24.8 Å². The first kappa shape index (κ1) is 26.0. The van der Waals surface area contributed by atoms with E-state index in [0.29, 0.717) is 12.1 Å².